The van der Waals surface area contributed by atoms with E-state index in [0.29, 0.717) is 0 Å². The number of carbonyl (C=O) groups excluding carboxylic acids is 1. The number of aromatic nitrogens is 1. The third-order valence-electron chi connectivity index (χ3n) is 5.27. The molecular formula is C19H30N4O2. The van der Waals surface area contributed by atoms with Crippen molar-refractivity contribution in [3.8, 4) is 0 Å². The first kappa shape index (κ1) is 18.1. The summed E-state index contributed by atoms with van der Waals surface area (Å²) in [6.07, 6.45) is 9.08. The van der Waals surface area contributed by atoms with E-state index in [-0.39, 0.29) is 24.2 Å². The molecular weight excluding hydrogens is 316 g/mol. The summed E-state index contributed by atoms with van der Waals surface area (Å²) in [5.74, 6) is 0. The van der Waals surface area contributed by atoms with Crippen molar-refractivity contribution in [1.82, 2.24) is 20.5 Å². The van der Waals surface area contributed by atoms with Crippen molar-refractivity contribution in [3.63, 3.8) is 0 Å². The Morgan fingerprint density at radius 1 is 1.32 bits per heavy atom. The molecule has 1 aromatic heterocycles. The van der Waals surface area contributed by atoms with E-state index in [2.05, 4.69) is 32.7 Å². The molecule has 2 aliphatic rings. The monoisotopic (exact) mass is 346 g/mol. The van der Waals surface area contributed by atoms with Crippen LogP contribution in [0.1, 0.15) is 38.2 Å². The maximum atomic E-state index is 12.2. The highest BCUT2D eigenvalue weighted by Gasteiger charge is 2.25. The van der Waals surface area contributed by atoms with Crippen LogP contribution in [0, 0.1) is 0 Å². The number of nitrogens with one attached hydrogen (secondary N) is 2. The lowest BCUT2D eigenvalue weighted by Gasteiger charge is -2.32. The van der Waals surface area contributed by atoms with Crippen LogP contribution < -0.4 is 10.6 Å². The first-order valence-electron chi connectivity index (χ1n) is 9.50. The van der Waals surface area contributed by atoms with Gasteiger partial charge in [0.15, 0.2) is 0 Å². The van der Waals surface area contributed by atoms with Gasteiger partial charge in [-0.05, 0) is 56.7 Å². The molecule has 2 amide bonds. The number of piperidine rings is 1. The van der Waals surface area contributed by atoms with Crippen molar-refractivity contribution >= 4 is 6.03 Å². The van der Waals surface area contributed by atoms with Crippen LogP contribution in [0.3, 0.4) is 0 Å². The van der Waals surface area contributed by atoms with Crippen LogP contribution in [0.2, 0.25) is 0 Å². The van der Waals surface area contributed by atoms with Gasteiger partial charge in [0.25, 0.3) is 0 Å². The highest BCUT2D eigenvalue weighted by Crippen LogP contribution is 2.15. The second-order valence-electron chi connectivity index (χ2n) is 7.18. The van der Waals surface area contributed by atoms with Gasteiger partial charge in [-0.3, -0.25) is 4.98 Å². The van der Waals surface area contributed by atoms with Crippen LogP contribution in [0.4, 0.5) is 4.79 Å². The second-order valence-corrected chi connectivity index (χ2v) is 7.18. The first-order valence-corrected chi connectivity index (χ1v) is 9.50. The molecule has 2 aliphatic heterocycles. The molecule has 0 spiro atoms. The number of carbonyl (C=O) groups is 1. The molecule has 2 atom stereocenters. The zero-order chi connectivity index (χ0) is 17.5. The van der Waals surface area contributed by atoms with Gasteiger partial charge < -0.3 is 20.3 Å². The summed E-state index contributed by atoms with van der Waals surface area (Å²) in [6.45, 7) is 5.99. The summed E-state index contributed by atoms with van der Waals surface area (Å²) in [4.78, 5) is 18.7. The molecule has 0 saturated carbocycles. The van der Waals surface area contributed by atoms with Gasteiger partial charge in [-0.1, -0.05) is 0 Å². The number of rotatable bonds is 6. The Balaban J connectivity index is 1.32. The summed E-state index contributed by atoms with van der Waals surface area (Å²) in [5, 5.41) is 6.16. The zero-order valence-electron chi connectivity index (χ0n) is 15.1. The molecule has 0 aliphatic carbocycles. The van der Waals surface area contributed by atoms with Crippen molar-refractivity contribution in [2.75, 3.05) is 26.2 Å². The minimum atomic E-state index is -0.0572. The minimum absolute atomic E-state index is 0.0572. The van der Waals surface area contributed by atoms with E-state index in [4.69, 9.17) is 4.74 Å². The number of pyridine rings is 1. The summed E-state index contributed by atoms with van der Waals surface area (Å²) in [5.41, 5.74) is 1.33. The number of urea groups is 1. The molecule has 1 aromatic rings. The molecule has 2 saturated heterocycles. The van der Waals surface area contributed by atoms with Gasteiger partial charge >= 0.3 is 6.03 Å². The molecule has 0 aromatic carbocycles. The van der Waals surface area contributed by atoms with Gasteiger partial charge in [0, 0.05) is 44.7 Å². The maximum Gasteiger partial charge on any atom is 0.315 e. The molecule has 2 N–H and O–H groups in total. The number of likely N-dealkylation sites (tertiary alicyclic amines) is 1. The smallest absolute Gasteiger partial charge is 0.315 e. The topological polar surface area (TPSA) is 66.5 Å². The Hall–Kier alpha value is -1.66. The molecule has 138 valence electrons. The molecule has 6 nitrogen and oxygen atoms in total. The lowest BCUT2D eigenvalue weighted by atomic mass is 10.0. The Bertz CT molecular complexity index is 525. The normalized spacial score (nSPS) is 23.3. The Morgan fingerprint density at radius 3 is 2.76 bits per heavy atom. The average molecular weight is 346 g/mol. The van der Waals surface area contributed by atoms with Gasteiger partial charge in [-0.2, -0.15) is 0 Å². The van der Waals surface area contributed by atoms with E-state index < -0.39 is 0 Å². The maximum absolute atomic E-state index is 12.2. The molecule has 0 radical (unpaired) electrons. The Kier molecular flexibility index (Phi) is 6.64. The largest absolute Gasteiger partial charge is 0.376 e. The van der Waals surface area contributed by atoms with Gasteiger partial charge in [0.1, 0.15) is 0 Å². The van der Waals surface area contributed by atoms with Crippen molar-refractivity contribution in [3.05, 3.63) is 30.1 Å². The van der Waals surface area contributed by atoms with E-state index in [1.807, 2.05) is 19.3 Å². The van der Waals surface area contributed by atoms with Crippen LogP contribution in [-0.4, -0.2) is 60.3 Å². The number of ether oxygens (including phenoxy) is 1. The third-order valence-corrected chi connectivity index (χ3v) is 5.27. The summed E-state index contributed by atoms with van der Waals surface area (Å²) >= 11 is 0. The first-order chi connectivity index (χ1) is 12.2. The predicted molar refractivity (Wildman–Crippen MR) is 97.5 cm³/mol. The number of hydrogen-bond donors (Lipinski definition) is 2. The van der Waals surface area contributed by atoms with Crippen LogP contribution >= 0.6 is 0 Å². The zero-order valence-corrected chi connectivity index (χ0v) is 15.1. The molecule has 0 unspecified atom stereocenters. The second kappa shape index (κ2) is 9.15. The van der Waals surface area contributed by atoms with Gasteiger partial charge in [0.05, 0.1) is 12.1 Å². The predicted octanol–water partition coefficient (Wildman–Crippen LogP) is 1.96. The fraction of sp³-hybridized carbons (Fsp3) is 0.684. The third kappa shape index (κ3) is 5.68. The van der Waals surface area contributed by atoms with Crippen LogP contribution in [0.15, 0.2) is 24.5 Å². The SMILES string of the molecule is C[C@@H](NC(=O)NC1CCN(CCc2ccncc2)CC1)[C@H]1CCCO1. The van der Waals surface area contributed by atoms with E-state index in [9.17, 15) is 4.79 Å². The summed E-state index contributed by atoms with van der Waals surface area (Å²) < 4.78 is 5.63. The fourth-order valence-corrected chi connectivity index (χ4v) is 3.66. The van der Waals surface area contributed by atoms with E-state index in [1.165, 1.54) is 5.56 Å². The molecule has 25 heavy (non-hydrogen) atoms. The van der Waals surface area contributed by atoms with E-state index in [0.717, 1.165) is 58.3 Å². The minimum Gasteiger partial charge on any atom is -0.376 e. The molecule has 3 rings (SSSR count). The Labute approximate surface area is 150 Å². The molecule has 6 heteroatoms. The lowest BCUT2D eigenvalue weighted by molar-refractivity contribution is 0.0855. The van der Waals surface area contributed by atoms with E-state index >= 15 is 0 Å². The average Bonchev–Trinajstić information content (AvgIpc) is 3.17. The van der Waals surface area contributed by atoms with Crippen LogP contribution in [0.5, 0.6) is 0 Å². The number of hydrogen-bond acceptors (Lipinski definition) is 4. The van der Waals surface area contributed by atoms with E-state index in [1.54, 1.807) is 0 Å². The quantitative estimate of drug-likeness (QED) is 0.826. The lowest BCUT2D eigenvalue weighted by Crippen LogP contribution is -2.51. The van der Waals surface area contributed by atoms with Crippen molar-refractivity contribution in [2.45, 2.75) is 57.2 Å². The van der Waals surface area contributed by atoms with Crippen LogP contribution in [0.25, 0.3) is 0 Å². The molecule has 3 heterocycles. The fourth-order valence-electron chi connectivity index (χ4n) is 3.66. The highest BCUT2D eigenvalue weighted by atomic mass is 16.5. The van der Waals surface area contributed by atoms with Gasteiger partial charge in [-0.15, -0.1) is 0 Å². The summed E-state index contributed by atoms with van der Waals surface area (Å²) in [7, 11) is 0. The van der Waals surface area contributed by atoms with Gasteiger partial charge in [-0.25, -0.2) is 4.79 Å². The highest BCUT2D eigenvalue weighted by molar-refractivity contribution is 5.74. The molecule has 2 fully saturated rings. The Morgan fingerprint density at radius 2 is 2.08 bits per heavy atom. The van der Waals surface area contributed by atoms with Gasteiger partial charge in [0.2, 0.25) is 0 Å². The molecule has 0 bridgehead atoms. The van der Waals surface area contributed by atoms with Crippen molar-refractivity contribution in [2.24, 2.45) is 0 Å². The number of amides is 2. The van der Waals surface area contributed by atoms with Crippen LogP contribution in [-0.2, 0) is 11.2 Å². The van der Waals surface area contributed by atoms with Crippen molar-refractivity contribution < 1.29 is 9.53 Å². The summed E-state index contributed by atoms with van der Waals surface area (Å²) in [6, 6.07) is 4.44. The standard InChI is InChI=1S/C19H30N4O2/c1-15(18-3-2-14-25-18)21-19(24)22-17-7-12-23(13-8-17)11-6-16-4-9-20-10-5-16/h4-5,9-10,15,17-18H,2-3,6-8,11-14H2,1H3,(H2,21,22,24)/t15-,18-/m1/s1. The van der Waals surface area contributed by atoms with Crippen molar-refractivity contribution in [1.29, 1.82) is 0 Å². The number of nitrogens with zero attached hydrogens (tertiary/aromatic N) is 2.